The van der Waals surface area contributed by atoms with Gasteiger partial charge in [-0.2, -0.15) is 13.2 Å². The number of nitrogens with zero attached hydrogens (tertiary/aromatic N) is 1. The summed E-state index contributed by atoms with van der Waals surface area (Å²) in [5.74, 6) is -0.135. The van der Waals surface area contributed by atoms with E-state index < -0.39 is 42.6 Å². The van der Waals surface area contributed by atoms with Crippen molar-refractivity contribution >= 4 is 31.2 Å². The van der Waals surface area contributed by atoms with Crippen molar-refractivity contribution in [3.05, 3.63) is 48.0 Å². The zero-order valence-corrected chi connectivity index (χ0v) is 18.1. The molecule has 0 spiro atoms. The van der Waals surface area contributed by atoms with Crippen LogP contribution in [0, 0.1) is 0 Å². The molecule has 1 aliphatic rings. The van der Waals surface area contributed by atoms with E-state index in [-0.39, 0.29) is 41.6 Å². The topological polar surface area (TPSA) is 107 Å². The second-order valence-electron chi connectivity index (χ2n) is 7.05. The van der Waals surface area contributed by atoms with Gasteiger partial charge in [-0.25, -0.2) is 16.8 Å². The van der Waals surface area contributed by atoms with Crippen LogP contribution in [0.1, 0.15) is 18.9 Å². The molecule has 1 heterocycles. The van der Waals surface area contributed by atoms with Gasteiger partial charge in [-0.3, -0.25) is 4.31 Å². The first-order valence-corrected chi connectivity index (χ1v) is 12.6. The average Bonchev–Trinajstić information content (AvgIpc) is 2.71. The number of nitrogens with two attached hydrogens (primary N) is 1. The summed E-state index contributed by atoms with van der Waals surface area (Å²) in [6, 6.07) is 7.71. The third-order valence-corrected chi connectivity index (χ3v) is 8.37. The molecule has 3 rings (SSSR count). The lowest BCUT2D eigenvalue weighted by Crippen LogP contribution is -2.44. The van der Waals surface area contributed by atoms with Gasteiger partial charge >= 0.3 is 6.18 Å². The molecule has 1 atom stereocenters. The molecule has 1 aliphatic heterocycles. The molecule has 0 aromatic heterocycles. The summed E-state index contributed by atoms with van der Waals surface area (Å²) in [5.41, 5.74) is 4.98. The molecule has 0 saturated heterocycles. The van der Waals surface area contributed by atoms with Gasteiger partial charge in [0.25, 0.3) is 10.0 Å². The van der Waals surface area contributed by atoms with Gasteiger partial charge in [-0.1, -0.05) is 13.0 Å². The lowest BCUT2D eigenvalue weighted by Gasteiger charge is -2.35. The summed E-state index contributed by atoms with van der Waals surface area (Å²) in [4.78, 5) is -0.544. The molecule has 0 radical (unpaired) electrons. The third-order valence-electron chi connectivity index (χ3n) is 4.85. The van der Waals surface area contributed by atoms with Gasteiger partial charge in [0, 0.05) is 11.4 Å². The highest BCUT2D eigenvalue weighted by molar-refractivity contribution is 7.93. The first kappa shape index (κ1) is 23.2. The van der Waals surface area contributed by atoms with Crippen molar-refractivity contribution < 1.29 is 34.7 Å². The molecule has 2 aromatic carbocycles. The van der Waals surface area contributed by atoms with Crippen molar-refractivity contribution in [3.8, 4) is 5.75 Å². The molecule has 0 saturated carbocycles. The van der Waals surface area contributed by atoms with Crippen LogP contribution < -0.4 is 14.8 Å². The van der Waals surface area contributed by atoms with Crippen molar-refractivity contribution in [2.24, 2.45) is 0 Å². The Balaban J connectivity index is 2.02. The average molecular weight is 479 g/mol. The monoisotopic (exact) mass is 478 g/mol. The number of hydrogen-bond acceptors (Lipinski definition) is 6. The SMILES string of the molecule is CCS(=O)(=O)CCC1CN(S(=O)(=O)c2cccc(C(F)(F)F)c2)c2cc(N)ccc2O1. The molecule has 0 fully saturated rings. The van der Waals surface area contributed by atoms with Gasteiger partial charge in [0.15, 0.2) is 0 Å². The van der Waals surface area contributed by atoms with Gasteiger partial charge in [0.05, 0.1) is 28.4 Å². The molecular formula is C19H21F3N2O5S2. The minimum atomic E-state index is -4.71. The van der Waals surface area contributed by atoms with E-state index in [2.05, 4.69) is 0 Å². The number of alkyl halides is 3. The number of benzene rings is 2. The van der Waals surface area contributed by atoms with E-state index in [9.17, 15) is 30.0 Å². The highest BCUT2D eigenvalue weighted by atomic mass is 32.2. The van der Waals surface area contributed by atoms with Crippen LogP contribution >= 0.6 is 0 Å². The molecule has 170 valence electrons. The van der Waals surface area contributed by atoms with E-state index in [0.717, 1.165) is 22.5 Å². The summed E-state index contributed by atoms with van der Waals surface area (Å²) >= 11 is 0. The Hall–Kier alpha value is -2.47. The van der Waals surface area contributed by atoms with Crippen LogP contribution in [0.5, 0.6) is 5.75 Å². The van der Waals surface area contributed by atoms with Crippen molar-refractivity contribution in [2.75, 3.05) is 28.1 Å². The fourth-order valence-electron chi connectivity index (χ4n) is 3.12. The molecular weight excluding hydrogens is 457 g/mol. The van der Waals surface area contributed by atoms with Crippen molar-refractivity contribution in [3.63, 3.8) is 0 Å². The van der Waals surface area contributed by atoms with Gasteiger partial charge in [0.1, 0.15) is 21.7 Å². The summed E-state index contributed by atoms with van der Waals surface area (Å²) in [7, 11) is -7.74. The number of hydrogen-bond donors (Lipinski definition) is 1. The van der Waals surface area contributed by atoms with Crippen LogP contribution in [0.3, 0.4) is 0 Å². The second-order valence-corrected chi connectivity index (χ2v) is 11.4. The number of fused-ring (bicyclic) bond motifs is 1. The van der Waals surface area contributed by atoms with Crippen molar-refractivity contribution in [1.82, 2.24) is 0 Å². The number of nitrogen functional groups attached to an aromatic ring is 1. The number of sulfone groups is 1. The Morgan fingerprint density at radius 2 is 1.84 bits per heavy atom. The maximum atomic E-state index is 13.3. The summed E-state index contributed by atoms with van der Waals surface area (Å²) in [6.45, 7) is 1.23. The molecule has 0 amide bonds. The van der Waals surface area contributed by atoms with Crippen molar-refractivity contribution in [2.45, 2.75) is 30.5 Å². The standard InChI is InChI=1S/C19H21F3N2O5S2/c1-2-30(25,26)9-8-15-12-24(17-11-14(23)6-7-18(17)29-15)31(27,28)16-5-3-4-13(10-16)19(20,21)22/h3-7,10-11,15H,2,8-9,12,23H2,1H3. The van der Waals surface area contributed by atoms with Crippen LogP contribution in [0.15, 0.2) is 47.4 Å². The summed E-state index contributed by atoms with van der Waals surface area (Å²) < 4.78 is 96.2. The van der Waals surface area contributed by atoms with Crippen LogP contribution in [-0.4, -0.2) is 41.0 Å². The Morgan fingerprint density at radius 3 is 2.48 bits per heavy atom. The van der Waals surface area contributed by atoms with Gasteiger partial charge < -0.3 is 10.5 Å². The smallest absolute Gasteiger partial charge is 0.416 e. The van der Waals surface area contributed by atoms with E-state index in [1.54, 1.807) is 0 Å². The maximum absolute atomic E-state index is 13.3. The van der Waals surface area contributed by atoms with Crippen LogP contribution in [0.4, 0.5) is 24.5 Å². The largest absolute Gasteiger partial charge is 0.486 e. The van der Waals surface area contributed by atoms with E-state index >= 15 is 0 Å². The first-order valence-electron chi connectivity index (χ1n) is 9.30. The van der Waals surface area contributed by atoms with Gasteiger partial charge in [-0.05, 0) is 42.8 Å². The Morgan fingerprint density at radius 1 is 1.13 bits per heavy atom. The molecule has 0 bridgehead atoms. The van der Waals surface area contributed by atoms with Crippen molar-refractivity contribution in [1.29, 1.82) is 0 Å². The molecule has 12 heteroatoms. The Kier molecular flexibility index (Phi) is 6.16. The first-order chi connectivity index (χ1) is 14.3. The number of ether oxygens (including phenoxy) is 1. The predicted molar refractivity (Wildman–Crippen MR) is 110 cm³/mol. The number of sulfonamides is 1. The van der Waals surface area contributed by atoms with Crippen LogP contribution in [0.25, 0.3) is 0 Å². The minimum absolute atomic E-state index is 0.0224. The highest BCUT2D eigenvalue weighted by Gasteiger charge is 2.37. The Bertz CT molecular complexity index is 1180. The minimum Gasteiger partial charge on any atom is -0.486 e. The van der Waals surface area contributed by atoms with Crippen LogP contribution in [0.2, 0.25) is 0 Å². The molecule has 1 unspecified atom stereocenters. The molecule has 31 heavy (non-hydrogen) atoms. The maximum Gasteiger partial charge on any atom is 0.416 e. The molecule has 2 aromatic rings. The predicted octanol–water partition coefficient (Wildman–Crippen LogP) is 3.07. The van der Waals surface area contributed by atoms with Gasteiger partial charge in [0.2, 0.25) is 0 Å². The summed E-state index contributed by atoms with van der Waals surface area (Å²) in [5, 5.41) is 0. The lowest BCUT2D eigenvalue weighted by molar-refractivity contribution is -0.137. The third kappa shape index (κ3) is 5.06. The van der Waals surface area contributed by atoms with E-state index in [1.165, 1.54) is 25.1 Å². The van der Waals surface area contributed by atoms with E-state index in [1.807, 2.05) is 0 Å². The fourth-order valence-corrected chi connectivity index (χ4v) is 5.58. The van der Waals surface area contributed by atoms with Crippen LogP contribution in [-0.2, 0) is 26.0 Å². The normalized spacial score (nSPS) is 17.2. The quantitative estimate of drug-likeness (QED) is 0.640. The zero-order valence-electron chi connectivity index (χ0n) is 16.5. The summed E-state index contributed by atoms with van der Waals surface area (Å²) in [6.07, 6.45) is -5.50. The number of rotatable bonds is 6. The highest BCUT2D eigenvalue weighted by Crippen LogP contribution is 2.39. The van der Waals surface area contributed by atoms with E-state index in [4.69, 9.17) is 10.5 Å². The molecule has 7 nitrogen and oxygen atoms in total. The fraction of sp³-hybridized carbons (Fsp3) is 0.368. The van der Waals surface area contributed by atoms with Gasteiger partial charge in [-0.15, -0.1) is 0 Å². The van der Waals surface area contributed by atoms with E-state index in [0.29, 0.717) is 6.07 Å². The number of halogens is 3. The zero-order chi connectivity index (χ0) is 23.0. The Labute approximate surface area is 178 Å². The second kappa shape index (κ2) is 8.23. The molecule has 0 aliphatic carbocycles. The number of anilines is 2. The molecule has 2 N–H and O–H groups in total. The lowest BCUT2D eigenvalue weighted by atomic mass is 10.2.